The van der Waals surface area contributed by atoms with Crippen molar-refractivity contribution in [2.45, 2.75) is 6.92 Å². The quantitative estimate of drug-likeness (QED) is 0.622. The molecular formula is C6H11NS. The van der Waals surface area contributed by atoms with Crippen molar-refractivity contribution in [2.75, 3.05) is 5.75 Å². The van der Waals surface area contributed by atoms with Crippen LogP contribution in [-0.2, 0) is 0 Å². The van der Waals surface area contributed by atoms with Gasteiger partial charge in [0.15, 0.2) is 0 Å². The molecule has 0 aromatic rings. The van der Waals surface area contributed by atoms with Crippen LogP contribution in [0.25, 0.3) is 0 Å². The molecular weight excluding hydrogens is 118 g/mol. The molecule has 0 spiro atoms. The first-order valence-corrected chi connectivity index (χ1v) is 3.49. The van der Waals surface area contributed by atoms with Crippen LogP contribution >= 0.6 is 11.8 Å². The molecule has 0 atom stereocenters. The van der Waals surface area contributed by atoms with E-state index in [-0.39, 0.29) is 0 Å². The first-order valence-electron chi connectivity index (χ1n) is 2.50. The minimum atomic E-state index is 0.961. The molecule has 0 fully saturated rings. The maximum absolute atomic E-state index is 3.71. The third kappa shape index (κ3) is 3.81. The van der Waals surface area contributed by atoms with E-state index >= 15 is 0 Å². The zero-order valence-electron chi connectivity index (χ0n) is 5.11. The van der Waals surface area contributed by atoms with Gasteiger partial charge in [-0.1, -0.05) is 20.1 Å². The normalized spacial score (nSPS) is 8.12. The molecule has 0 heterocycles. The Balaban J connectivity index is 3.18. The van der Waals surface area contributed by atoms with Gasteiger partial charge in [-0.25, -0.2) is 0 Å². The van der Waals surface area contributed by atoms with Crippen molar-refractivity contribution in [2.24, 2.45) is 0 Å². The predicted octanol–water partition coefficient (Wildman–Crippen LogP) is 1.94. The number of rotatable bonds is 4. The van der Waals surface area contributed by atoms with E-state index in [1.807, 2.05) is 0 Å². The van der Waals surface area contributed by atoms with Crippen molar-refractivity contribution >= 4 is 11.8 Å². The Kier molecular flexibility index (Phi) is 4.56. The molecule has 0 unspecified atom stereocenters. The van der Waals surface area contributed by atoms with Crippen molar-refractivity contribution in [1.82, 2.24) is 5.32 Å². The van der Waals surface area contributed by atoms with Crippen LogP contribution in [0.3, 0.4) is 0 Å². The summed E-state index contributed by atoms with van der Waals surface area (Å²) in [5.41, 5.74) is 0. The van der Waals surface area contributed by atoms with Gasteiger partial charge in [0.2, 0.25) is 0 Å². The summed E-state index contributed by atoms with van der Waals surface area (Å²) in [7, 11) is 0. The van der Waals surface area contributed by atoms with Gasteiger partial charge in [-0.3, -0.25) is 0 Å². The van der Waals surface area contributed by atoms with Gasteiger partial charge in [0.25, 0.3) is 0 Å². The maximum atomic E-state index is 3.71. The zero-order chi connectivity index (χ0) is 6.41. The van der Waals surface area contributed by atoms with Crippen molar-refractivity contribution in [3.05, 3.63) is 24.4 Å². The summed E-state index contributed by atoms with van der Waals surface area (Å²) in [6, 6.07) is 0. The van der Waals surface area contributed by atoms with Gasteiger partial charge in [-0.05, 0) is 12.0 Å². The smallest absolute Gasteiger partial charge is 0.0647 e. The Hall–Kier alpha value is -0.370. The molecule has 0 saturated heterocycles. The highest BCUT2D eigenvalue weighted by Gasteiger charge is 1.83. The Morgan fingerprint density at radius 1 is 1.88 bits per heavy atom. The number of thioether (sulfide) groups is 1. The van der Waals surface area contributed by atoms with E-state index in [9.17, 15) is 0 Å². The fourth-order valence-corrected chi connectivity index (χ4v) is 0.845. The minimum Gasteiger partial charge on any atom is -0.358 e. The third-order valence-electron chi connectivity index (χ3n) is 0.582. The average molecular weight is 129 g/mol. The van der Waals surface area contributed by atoms with Crippen LogP contribution in [0.5, 0.6) is 0 Å². The summed E-state index contributed by atoms with van der Waals surface area (Å²) in [5.74, 6) is 1.06. The summed E-state index contributed by atoms with van der Waals surface area (Å²) in [6.07, 6.45) is 1.63. The Morgan fingerprint density at radius 3 is 2.88 bits per heavy atom. The second-order valence-corrected chi connectivity index (χ2v) is 2.56. The fraction of sp³-hybridized carbons (Fsp3) is 0.333. The largest absolute Gasteiger partial charge is 0.358 e. The third-order valence-corrected chi connectivity index (χ3v) is 1.34. The SMILES string of the molecule is C=CNC(=C)SCC. The van der Waals surface area contributed by atoms with Crippen LogP contribution in [0.15, 0.2) is 24.4 Å². The lowest BCUT2D eigenvalue weighted by molar-refractivity contribution is 1.18. The summed E-state index contributed by atoms with van der Waals surface area (Å²) < 4.78 is 0. The van der Waals surface area contributed by atoms with E-state index in [2.05, 4.69) is 25.4 Å². The summed E-state index contributed by atoms with van der Waals surface area (Å²) in [4.78, 5) is 0. The van der Waals surface area contributed by atoms with Crippen LogP contribution in [0, 0.1) is 0 Å². The molecule has 1 N–H and O–H groups in total. The molecule has 0 saturated carbocycles. The van der Waals surface area contributed by atoms with Crippen molar-refractivity contribution in [3.8, 4) is 0 Å². The summed E-state index contributed by atoms with van der Waals surface area (Å²) in [6.45, 7) is 9.30. The molecule has 0 aliphatic heterocycles. The standard InChI is InChI=1S/C6H11NS/c1-4-7-6(3)8-5-2/h4,7H,1,3,5H2,2H3. The van der Waals surface area contributed by atoms with E-state index in [1.165, 1.54) is 0 Å². The molecule has 0 amide bonds. The first kappa shape index (κ1) is 7.63. The summed E-state index contributed by atoms with van der Waals surface area (Å²) >= 11 is 1.68. The molecule has 0 aromatic carbocycles. The molecule has 1 nitrogen and oxygen atoms in total. The highest BCUT2D eigenvalue weighted by molar-refractivity contribution is 8.02. The van der Waals surface area contributed by atoms with Gasteiger partial charge in [0.1, 0.15) is 0 Å². The van der Waals surface area contributed by atoms with E-state index in [1.54, 1.807) is 18.0 Å². The highest BCUT2D eigenvalue weighted by Crippen LogP contribution is 2.07. The second-order valence-electron chi connectivity index (χ2n) is 1.20. The molecule has 8 heavy (non-hydrogen) atoms. The predicted molar refractivity (Wildman–Crippen MR) is 40.6 cm³/mol. The van der Waals surface area contributed by atoms with Crippen molar-refractivity contribution in [1.29, 1.82) is 0 Å². The van der Waals surface area contributed by atoms with Crippen molar-refractivity contribution in [3.63, 3.8) is 0 Å². The monoisotopic (exact) mass is 129 g/mol. The van der Waals surface area contributed by atoms with Crippen LogP contribution in [0.1, 0.15) is 6.92 Å². The average Bonchev–Trinajstić information content (AvgIpc) is 1.68. The minimum absolute atomic E-state index is 0.961. The molecule has 46 valence electrons. The van der Waals surface area contributed by atoms with E-state index in [4.69, 9.17) is 0 Å². The molecule has 0 aromatic heterocycles. The summed E-state index contributed by atoms with van der Waals surface area (Å²) in [5, 5.41) is 3.84. The Morgan fingerprint density at radius 2 is 2.50 bits per heavy atom. The lowest BCUT2D eigenvalue weighted by Crippen LogP contribution is -1.97. The molecule has 2 heteroatoms. The van der Waals surface area contributed by atoms with Crippen molar-refractivity contribution < 1.29 is 0 Å². The van der Waals surface area contributed by atoms with Gasteiger partial charge in [0.05, 0.1) is 5.03 Å². The fourth-order valence-electron chi connectivity index (χ4n) is 0.330. The van der Waals surface area contributed by atoms with E-state index in [0.29, 0.717) is 0 Å². The van der Waals surface area contributed by atoms with Gasteiger partial charge >= 0.3 is 0 Å². The molecule has 0 rings (SSSR count). The topological polar surface area (TPSA) is 12.0 Å². The van der Waals surface area contributed by atoms with E-state index < -0.39 is 0 Å². The van der Waals surface area contributed by atoms with Crippen LogP contribution in [-0.4, -0.2) is 5.75 Å². The van der Waals surface area contributed by atoms with E-state index in [0.717, 1.165) is 10.8 Å². The number of nitrogens with one attached hydrogen (secondary N) is 1. The molecule has 0 bridgehead atoms. The number of hydrogen-bond donors (Lipinski definition) is 1. The van der Waals surface area contributed by atoms with Crippen LogP contribution < -0.4 is 5.32 Å². The highest BCUT2D eigenvalue weighted by atomic mass is 32.2. The Labute approximate surface area is 54.9 Å². The van der Waals surface area contributed by atoms with Gasteiger partial charge < -0.3 is 5.32 Å². The number of hydrogen-bond acceptors (Lipinski definition) is 2. The first-order chi connectivity index (χ1) is 3.81. The van der Waals surface area contributed by atoms with Gasteiger partial charge in [0, 0.05) is 0 Å². The van der Waals surface area contributed by atoms with Gasteiger partial charge in [-0.15, -0.1) is 11.8 Å². The van der Waals surface area contributed by atoms with Crippen LogP contribution in [0.4, 0.5) is 0 Å². The van der Waals surface area contributed by atoms with Gasteiger partial charge in [-0.2, -0.15) is 0 Å². The maximum Gasteiger partial charge on any atom is 0.0647 e. The lowest BCUT2D eigenvalue weighted by atomic mass is 10.9. The van der Waals surface area contributed by atoms with Crippen LogP contribution in [0.2, 0.25) is 0 Å². The second kappa shape index (κ2) is 4.78. The molecule has 0 aliphatic carbocycles. The molecule has 0 aliphatic rings. The zero-order valence-corrected chi connectivity index (χ0v) is 5.92. The lowest BCUT2D eigenvalue weighted by Gasteiger charge is -1.99. The Bertz CT molecular complexity index is 88.5. The molecule has 0 radical (unpaired) electrons.